The van der Waals surface area contributed by atoms with Crippen molar-refractivity contribution in [2.24, 2.45) is 0 Å². The lowest BCUT2D eigenvalue weighted by molar-refractivity contribution is -0.384. The molecule has 0 atom stereocenters. The number of nitro groups is 1. The topological polar surface area (TPSA) is 85.4 Å². The third-order valence-electron chi connectivity index (χ3n) is 3.70. The number of furan rings is 1. The van der Waals surface area contributed by atoms with Crippen molar-refractivity contribution in [1.29, 1.82) is 0 Å². The van der Waals surface area contributed by atoms with Gasteiger partial charge in [-0.2, -0.15) is 0 Å². The van der Waals surface area contributed by atoms with Crippen molar-refractivity contribution in [2.75, 3.05) is 5.32 Å². The van der Waals surface area contributed by atoms with Gasteiger partial charge in [0, 0.05) is 23.4 Å². The Labute approximate surface area is 152 Å². The smallest absolute Gasteiger partial charge is 0.291 e. The van der Waals surface area contributed by atoms with Crippen LogP contribution in [-0.4, -0.2) is 10.8 Å². The number of anilines is 1. The number of hydrogen-bond donors (Lipinski definition) is 1. The van der Waals surface area contributed by atoms with Gasteiger partial charge in [0.25, 0.3) is 11.6 Å². The van der Waals surface area contributed by atoms with E-state index in [1.807, 2.05) is 0 Å². The second-order valence-corrected chi connectivity index (χ2v) is 5.91. The first-order chi connectivity index (χ1) is 12.3. The Morgan fingerprint density at radius 2 is 1.96 bits per heavy atom. The summed E-state index contributed by atoms with van der Waals surface area (Å²) in [5.74, 6) is -0.582. The third kappa shape index (κ3) is 3.57. The van der Waals surface area contributed by atoms with Crippen molar-refractivity contribution < 1.29 is 18.5 Å². The van der Waals surface area contributed by atoms with E-state index in [0.29, 0.717) is 22.6 Å². The molecule has 6 nitrogen and oxygen atoms in total. The van der Waals surface area contributed by atoms with Crippen molar-refractivity contribution in [3.8, 4) is 11.3 Å². The molecule has 0 saturated carbocycles. The van der Waals surface area contributed by atoms with Crippen LogP contribution in [0.5, 0.6) is 0 Å². The quantitative estimate of drug-likeness (QED) is 0.502. The maximum Gasteiger partial charge on any atom is 0.291 e. The van der Waals surface area contributed by atoms with E-state index >= 15 is 0 Å². The number of nitrogens with one attached hydrogen (secondary N) is 1. The molecule has 0 fully saturated rings. The van der Waals surface area contributed by atoms with Crippen LogP contribution in [0.4, 0.5) is 15.8 Å². The van der Waals surface area contributed by atoms with Crippen LogP contribution in [0.2, 0.25) is 5.02 Å². The number of hydrogen-bond acceptors (Lipinski definition) is 4. The van der Waals surface area contributed by atoms with Crippen LogP contribution in [0.15, 0.2) is 52.9 Å². The summed E-state index contributed by atoms with van der Waals surface area (Å²) in [4.78, 5) is 22.5. The Hall–Kier alpha value is -3.19. The van der Waals surface area contributed by atoms with Crippen LogP contribution in [0.25, 0.3) is 11.3 Å². The normalized spacial score (nSPS) is 10.6. The standard InChI is InChI=1S/C18H12ClFN2O4/c1-10-8-11(20)2-5-15(10)21-18(23)17-7-6-16(26-17)13-4-3-12(22(24)25)9-14(13)19/h2-9H,1H3,(H,21,23). The number of nitrogens with zero attached hydrogens (tertiary/aromatic N) is 1. The molecule has 26 heavy (non-hydrogen) atoms. The highest BCUT2D eigenvalue weighted by Gasteiger charge is 2.17. The fraction of sp³-hybridized carbons (Fsp3) is 0.0556. The summed E-state index contributed by atoms with van der Waals surface area (Å²) < 4.78 is 18.6. The lowest BCUT2D eigenvalue weighted by Gasteiger charge is -2.07. The van der Waals surface area contributed by atoms with E-state index in [2.05, 4.69) is 5.32 Å². The van der Waals surface area contributed by atoms with Gasteiger partial charge in [-0.1, -0.05) is 11.6 Å². The molecule has 0 aliphatic heterocycles. The summed E-state index contributed by atoms with van der Waals surface area (Å²) in [6.07, 6.45) is 0. The van der Waals surface area contributed by atoms with Crippen molar-refractivity contribution in [3.63, 3.8) is 0 Å². The van der Waals surface area contributed by atoms with Gasteiger partial charge >= 0.3 is 0 Å². The first-order valence-corrected chi connectivity index (χ1v) is 7.84. The molecule has 0 aliphatic rings. The maximum absolute atomic E-state index is 13.1. The molecule has 1 amide bonds. The summed E-state index contributed by atoms with van der Waals surface area (Å²) in [6.45, 7) is 1.67. The van der Waals surface area contributed by atoms with Gasteiger partial charge in [0.05, 0.1) is 9.95 Å². The summed E-state index contributed by atoms with van der Waals surface area (Å²) in [7, 11) is 0. The SMILES string of the molecule is Cc1cc(F)ccc1NC(=O)c1ccc(-c2ccc([N+](=O)[O-])cc2Cl)o1. The third-order valence-corrected chi connectivity index (χ3v) is 4.01. The number of rotatable bonds is 4. The lowest BCUT2D eigenvalue weighted by Crippen LogP contribution is -2.11. The highest BCUT2D eigenvalue weighted by Crippen LogP contribution is 2.32. The minimum Gasteiger partial charge on any atom is -0.451 e. The minimum absolute atomic E-state index is 0.0261. The van der Waals surface area contributed by atoms with Gasteiger partial charge in [0.1, 0.15) is 11.6 Å². The Kier molecular flexibility index (Phi) is 4.73. The molecule has 0 spiro atoms. The molecule has 3 aromatic rings. The second-order valence-electron chi connectivity index (χ2n) is 5.50. The van der Waals surface area contributed by atoms with Crippen molar-refractivity contribution in [3.05, 3.63) is 80.8 Å². The largest absolute Gasteiger partial charge is 0.451 e. The lowest BCUT2D eigenvalue weighted by atomic mass is 10.1. The van der Waals surface area contributed by atoms with Gasteiger partial charge in [-0.3, -0.25) is 14.9 Å². The van der Waals surface area contributed by atoms with E-state index in [1.54, 1.807) is 13.0 Å². The number of nitro benzene ring substituents is 1. The summed E-state index contributed by atoms with van der Waals surface area (Å²) in [5, 5.41) is 13.5. The van der Waals surface area contributed by atoms with E-state index < -0.39 is 16.6 Å². The number of benzene rings is 2. The zero-order chi connectivity index (χ0) is 18.8. The van der Waals surface area contributed by atoms with Crippen LogP contribution < -0.4 is 5.32 Å². The van der Waals surface area contributed by atoms with Crippen LogP contribution in [-0.2, 0) is 0 Å². The van der Waals surface area contributed by atoms with Gasteiger partial charge < -0.3 is 9.73 Å². The molecule has 0 bridgehead atoms. The number of aryl methyl sites for hydroxylation is 1. The predicted octanol–water partition coefficient (Wildman–Crippen LogP) is 5.21. The van der Waals surface area contributed by atoms with Crippen LogP contribution in [0.3, 0.4) is 0 Å². The van der Waals surface area contributed by atoms with Crippen LogP contribution >= 0.6 is 11.6 Å². The first kappa shape index (κ1) is 17.6. The van der Waals surface area contributed by atoms with E-state index in [1.165, 1.54) is 42.5 Å². The Bertz CT molecular complexity index is 1020. The number of amides is 1. The summed E-state index contributed by atoms with van der Waals surface area (Å²) >= 11 is 6.06. The van der Waals surface area contributed by atoms with Crippen molar-refractivity contribution in [2.45, 2.75) is 6.92 Å². The molecule has 1 N–H and O–H groups in total. The average Bonchev–Trinajstić information content (AvgIpc) is 3.07. The van der Waals surface area contributed by atoms with Crippen molar-refractivity contribution >= 4 is 28.9 Å². The Morgan fingerprint density at radius 3 is 2.62 bits per heavy atom. The molecule has 0 unspecified atom stereocenters. The van der Waals surface area contributed by atoms with E-state index in [4.69, 9.17) is 16.0 Å². The second kappa shape index (κ2) is 6.97. The molecule has 2 aromatic carbocycles. The van der Waals surface area contributed by atoms with Crippen molar-refractivity contribution in [1.82, 2.24) is 0 Å². The predicted molar refractivity (Wildman–Crippen MR) is 94.9 cm³/mol. The van der Waals surface area contributed by atoms with Gasteiger partial charge in [0.15, 0.2) is 5.76 Å². The fourth-order valence-electron chi connectivity index (χ4n) is 2.37. The molecule has 0 aliphatic carbocycles. The van der Waals surface area contributed by atoms with E-state index in [9.17, 15) is 19.3 Å². The highest BCUT2D eigenvalue weighted by molar-refractivity contribution is 6.33. The molecule has 132 valence electrons. The van der Waals surface area contributed by atoms with Gasteiger partial charge in [-0.15, -0.1) is 0 Å². The molecule has 1 aromatic heterocycles. The minimum atomic E-state index is -0.554. The monoisotopic (exact) mass is 374 g/mol. The maximum atomic E-state index is 13.1. The average molecular weight is 375 g/mol. The molecular weight excluding hydrogens is 363 g/mol. The van der Waals surface area contributed by atoms with Gasteiger partial charge in [-0.25, -0.2) is 4.39 Å². The number of halogens is 2. The Balaban J connectivity index is 1.83. The van der Waals surface area contributed by atoms with Gasteiger partial charge in [0.2, 0.25) is 0 Å². The molecule has 8 heteroatoms. The van der Waals surface area contributed by atoms with Gasteiger partial charge in [-0.05, 0) is 48.9 Å². The molecule has 0 radical (unpaired) electrons. The molecule has 1 heterocycles. The zero-order valence-corrected chi connectivity index (χ0v) is 14.2. The Morgan fingerprint density at radius 1 is 1.19 bits per heavy atom. The first-order valence-electron chi connectivity index (χ1n) is 7.47. The van der Waals surface area contributed by atoms with E-state index in [-0.39, 0.29) is 16.5 Å². The van der Waals surface area contributed by atoms with Crippen LogP contribution in [0, 0.1) is 22.9 Å². The summed E-state index contributed by atoms with van der Waals surface area (Å²) in [6, 6.07) is 11.0. The fourth-order valence-corrected chi connectivity index (χ4v) is 2.64. The summed E-state index contributed by atoms with van der Waals surface area (Å²) in [5.41, 5.74) is 1.32. The highest BCUT2D eigenvalue weighted by atomic mass is 35.5. The van der Waals surface area contributed by atoms with Crippen LogP contribution in [0.1, 0.15) is 16.1 Å². The molecule has 3 rings (SSSR count). The zero-order valence-electron chi connectivity index (χ0n) is 13.5. The van der Waals surface area contributed by atoms with E-state index in [0.717, 1.165) is 0 Å². The number of carbonyl (C=O) groups excluding carboxylic acids is 1. The molecular formula is C18H12ClFN2O4. The molecule has 0 saturated heterocycles. The number of carbonyl (C=O) groups is 1. The number of non-ortho nitro benzene ring substituents is 1.